The maximum absolute atomic E-state index is 5.90. The molecule has 3 N–H and O–H groups in total. The van der Waals surface area contributed by atoms with Gasteiger partial charge in [0.05, 0.1) is 0 Å². The van der Waals surface area contributed by atoms with E-state index < -0.39 is 0 Å². The number of hydrazine groups is 1. The topological polar surface area (TPSA) is 73.1 Å². The van der Waals surface area contributed by atoms with E-state index in [4.69, 9.17) is 10.6 Å². The molecule has 0 aromatic carbocycles. The Balaban J connectivity index is 2.43. The number of anilines is 1. The van der Waals surface area contributed by atoms with Gasteiger partial charge in [0.15, 0.2) is 5.82 Å². The molecular formula is C13H22N4O. The van der Waals surface area contributed by atoms with Crippen LogP contribution >= 0.6 is 0 Å². The van der Waals surface area contributed by atoms with Crippen molar-refractivity contribution in [2.45, 2.75) is 52.1 Å². The van der Waals surface area contributed by atoms with Gasteiger partial charge in [0.1, 0.15) is 11.4 Å². The van der Waals surface area contributed by atoms with Gasteiger partial charge in [-0.3, -0.25) is 0 Å². The van der Waals surface area contributed by atoms with Gasteiger partial charge in [-0.1, -0.05) is 6.92 Å². The zero-order chi connectivity index (χ0) is 13.2. The average Bonchev–Trinajstić information content (AvgIpc) is 2.39. The molecule has 1 unspecified atom stereocenters. The summed E-state index contributed by atoms with van der Waals surface area (Å²) < 4.78 is 5.90. The second-order valence-corrected chi connectivity index (χ2v) is 5.00. The minimum Gasteiger partial charge on any atom is -0.367 e. The highest BCUT2D eigenvalue weighted by atomic mass is 16.5. The Morgan fingerprint density at radius 3 is 2.72 bits per heavy atom. The van der Waals surface area contributed by atoms with Crippen molar-refractivity contribution in [2.75, 3.05) is 12.0 Å². The predicted octanol–water partition coefficient (Wildman–Crippen LogP) is 2.05. The van der Waals surface area contributed by atoms with Crippen LogP contribution in [0.4, 0.5) is 5.82 Å². The molecule has 1 atom stereocenters. The number of nitrogens with one attached hydrogen (secondary N) is 1. The minimum absolute atomic E-state index is 0.374. The number of rotatable bonds is 3. The van der Waals surface area contributed by atoms with Gasteiger partial charge in [-0.05, 0) is 39.5 Å². The number of aryl methyl sites for hydroxylation is 1. The smallest absolute Gasteiger partial charge is 0.162 e. The van der Waals surface area contributed by atoms with Crippen LogP contribution in [0.15, 0.2) is 0 Å². The summed E-state index contributed by atoms with van der Waals surface area (Å²) in [6.07, 6.45) is 4.10. The molecule has 1 fully saturated rings. The number of aromatic nitrogens is 2. The number of ether oxygens (including phenoxy) is 1. The van der Waals surface area contributed by atoms with E-state index in [1.807, 2.05) is 6.92 Å². The molecule has 0 saturated carbocycles. The van der Waals surface area contributed by atoms with Crippen molar-refractivity contribution in [3.8, 4) is 0 Å². The highest BCUT2D eigenvalue weighted by molar-refractivity contribution is 5.45. The number of hydrogen-bond acceptors (Lipinski definition) is 5. The van der Waals surface area contributed by atoms with E-state index in [0.717, 1.165) is 49.4 Å². The third kappa shape index (κ3) is 2.33. The first-order chi connectivity index (χ1) is 8.60. The summed E-state index contributed by atoms with van der Waals surface area (Å²) >= 11 is 0. The van der Waals surface area contributed by atoms with Crippen LogP contribution in [0.2, 0.25) is 0 Å². The number of nitrogens with two attached hydrogens (primary N) is 1. The zero-order valence-electron chi connectivity index (χ0n) is 11.4. The molecule has 0 bridgehead atoms. The van der Waals surface area contributed by atoms with Crippen LogP contribution in [0.1, 0.15) is 50.2 Å². The van der Waals surface area contributed by atoms with Crippen molar-refractivity contribution in [2.24, 2.45) is 5.84 Å². The molecule has 1 aromatic heterocycles. The molecule has 0 aliphatic carbocycles. The summed E-state index contributed by atoms with van der Waals surface area (Å²) in [5.74, 6) is 6.98. The first kappa shape index (κ1) is 13.2. The Morgan fingerprint density at radius 2 is 2.17 bits per heavy atom. The third-order valence-electron chi connectivity index (χ3n) is 3.66. The Hall–Kier alpha value is -1.20. The average molecular weight is 250 g/mol. The van der Waals surface area contributed by atoms with Gasteiger partial charge < -0.3 is 10.2 Å². The third-order valence-corrected chi connectivity index (χ3v) is 3.66. The maximum atomic E-state index is 5.90. The molecule has 5 heteroatoms. The molecule has 18 heavy (non-hydrogen) atoms. The number of hydrogen-bond donors (Lipinski definition) is 2. The van der Waals surface area contributed by atoms with E-state index in [0.29, 0.717) is 5.82 Å². The quantitative estimate of drug-likeness (QED) is 0.634. The van der Waals surface area contributed by atoms with Crippen molar-refractivity contribution in [3.63, 3.8) is 0 Å². The second-order valence-electron chi connectivity index (χ2n) is 5.00. The van der Waals surface area contributed by atoms with Crippen molar-refractivity contribution in [1.29, 1.82) is 0 Å². The van der Waals surface area contributed by atoms with E-state index >= 15 is 0 Å². The van der Waals surface area contributed by atoms with Crippen LogP contribution < -0.4 is 11.3 Å². The summed E-state index contributed by atoms with van der Waals surface area (Å²) in [6, 6.07) is 0. The zero-order valence-corrected chi connectivity index (χ0v) is 11.4. The number of nitrogens with zero attached hydrogens (tertiary/aromatic N) is 2. The van der Waals surface area contributed by atoms with Crippen LogP contribution in [-0.2, 0) is 16.8 Å². The van der Waals surface area contributed by atoms with Gasteiger partial charge in [0, 0.05) is 17.9 Å². The fraction of sp³-hybridized carbons (Fsp3) is 0.692. The van der Waals surface area contributed by atoms with Crippen molar-refractivity contribution in [3.05, 3.63) is 17.1 Å². The van der Waals surface area contributed by atoms with Crippen LogP contribution in [0.25, 0.3) is 0 Å². The molecule has 0 spiro atoms. The summed E-state index contributed by atoms with van der Waals surface area (Å²) in [6.45, 7) is 6.92. The summed E-state index contributed by atoms with van der Waals surface area (Å²) in [7, 11) is 0. The fourth-order valence-electron chi connectivity index (χ4n) is 2.39. The van der Waals surface area contributed by atoms with Gasteiger partial charge in [-0.25, -0.2) is 15.8 Å². The lowest BCUT2D eigenvalue weighted by atomic mass is 9.94. The standard InChI is InChI=1S/C13H22N4O/c1-4-10-9(2)11(17-14)16-12(15-10)13(3)7-5-6-8-18-13/h4-8,14H2,1-3H3,(H,15,16,17). The molecule has 0 radical (unpaired) electrons. The van der Waals surface area contributed by atoms with Gasteiger partial charge in [0.2, 0.25) is 0 Å². The summed E-state index contributed by atoms with van der Waals surface area (Å²) in [4.78, 5) is 9.19. The first-order valence-corrected chi connectivity index (χ1v) is 6.59. The van der Waals surface area contributed by atoms with Crippen LogP contribution in [0.3, 0.4) is 0 Å². The highest BCUT2D eigenvalue weighted by Crippen LogP contribution is 2.33. The first-order valence-electron chi connectivity index (χ1n) is 6.59. The monoisotopic (exact) mass is 250 g/mol. The van der Waals surface area contributed by atoms with Gasteiger partial charge >= 0.3 is 0 Å². The lowest BCUT2D eigenvalue weighted by Gasteiger charge is -2.33. The van der Waals surface area contributed by atoms with E-state index in [1.54, 1.807) is 0 Å². The van der Waals surface area contributed by atoms with Crippen LogP contribution in [0.5, 0.6) is 0 Å². The molecule has 1 aromatic rings. The molecule has 2 heterocycles. The molecular weight excluding hydrogens is 228 g/mol. The second kappa shape index (κ2) is 5.20. The van der Waals surface area contributed by atoms with Gasteiger partial charge in [0.25, 0.3) is 0 Å². The van der Waals surface area contributed by atoms with Crippen LogP contribution in [-0.4, -0.2) is 16.6 Å². The molecule has 0 amide bonds. The Bertz CT molecular complexity index is 402. The highest BCUT2D eigenvalue weighted by Gasteiger charge is 2.33. The molecule has 1 saturated heterocycles. The predicted molar refractivity (Wildman–Crippen MR) is 71.1 cm³/mol. The maximum Gasteiger partial charge on any atom is 0.162 e. The Labute approximate surface area is 108 Å². The fourth-order valence-corrected chi connectivity index (χ4v) is 2.39. The van der Waals surface area contributed by atoms with Crippen molar-refractivity contribution >= 4 is 5.82 Å². The number of nitrogen functional groups attached to an aromatic ring is 1. The van der Waals surface area contributed by atoms with E-state index in [-0.39, 0.29) is 5.60 Å². The molecule has 2 rings (SSSR count). The normalized spacial score (nSPS) is 24.0. The van der Waals surface area contributed by atoms with Gasteiger partial charge in [-0.15, -0.1) is 0 Å². The SMILES string of the molecule is CCc1nc(C2(C)CCCCO2)nc(NN)c1C. The summed E-state index contributed by atoms with van der Waals surface area (Å²) in [5, 5.41) is 0. The molecule has 1 aliphatic heterocycles. The van der Waals surface area contributed by atoms with E-state index in [2.05, 4.69) is 29.2 Å². The molecule has 5 nitrogen and oxygen atoms in total. The minimum atomic E-state index is -0.374. The van der Waals surface area contributed by atoms with E-state index in [9.17, 15) is 0 Å². The Morgan fingerprint density at radius 1 is 1.39 bits per heavy atom. The van der Waals surface area contributed by atoms with Crippen molar-refractivity contribution < 1.29 is 4.74 Å². The van der Waals surface area contributed by atoms with E-state index in [1.165, 1.54) is 0 Å². The Kier molecular flexibility index (Phi) is 3.82. The van der Waals surface area contributed by atoms with Crippen molar-refractivity contribution in [1.82, 2.24) is 9.97 Å². The largest absolute Gasteiger partial charge is 0.367 e. The summed E-state index contributed by atoms with van der Waals surface area (Å²) in [5.41, 5.74) is 4.33. The molecule has 1 aliphatic rings. The lowest BCUT2D eigenvalue weighted by molar-refractivity contribution is -0.0760. The van der Waals surface area contributed by atoms with Crippen LogP contribution in [0, 0.1) is 6.92 Å². The lowest BCUT2D eigenvalue weighted by Crippen LogP contribution is -2.33. The molecule has 100 valence electrons. The van der Waals surface area contributed by atoms with Gasteiger partial charge in [-0.2, -0.15) is 0 Å².